The molecule has 0 aromatic heterocycles. The molecule has 0 aliphatic carbocycles. The Bertz CT molecular complexity index is 546. The zero-order valence-corrected chi connectivity index (χ0v) is 12.2. The molecule has 0 heterocycles. The summed E-state index contributed by atoms with van der Waals surface area (Å²) >= 11 is 0. The Morgan fingerprint density at radius 2 is 1.67 bits per heavy atom. The van der Waals surface area contributed by atoms with Crippen molar-refractivity contribution in [2.45, 2.75) is 13.3 Å². The summed E-state index contributed by atoms with van der Waals surface area (Å²) in [6.45, 7) is 3.01. The van der Waals surface area contributed by atoms with Gasteiger partial charge in [0.1, 0.15) is 19.0 Å². The number of hydrogen-bond acceptors (Lipinski definition) is 3. The van der Waals surface area contributed by atoms with Gasteiger partial charge in [-0.15, -0.1) is 0 Å². The van der Waals surface area contributed by atoms with Crippen LogP contribution in [0.3, 0.4) is 0 Å². The number of Topliss-reactive ketones (excluding diaryl/α,β-unsaturated/α-hetero) is 1. The molecule has 0 N–H and O–H groups in total. The molecule has 0 unspecified atom stereocenters. The molecule has 3 heteroatoms. The highest BCUT2D eigenvalue weighted by molar-refractivity contribution is 5.97. The van der Waals surface area contributed by atoms with Crippen LogP contribution < -0.4 is 4.74 Å². The molecule has 0 saturated carbocycles. The van der Waals surface area contributed by atoms with Crippen molar-refractivity contribution in [1.82, 2.24) is 0 Å². The lowest BCUT2D eigenvalue weighted by Crippen LogP contribution is -2.13. The molecule has 0 radical (unpaired) electrons. The maximum Gasteiger partial charge on any atom is 0.188 e. The van der Waals surface area contributed by atoms with Gasteiger partial charge < -0.3 is 9.47 Å². The maximum atomic E-state index is 11.9. The SMILES string of the molecule is CCc1ccc(C(=O)COCCOc2ccccc2)cc1. The Morgan fingerprint density at radius 1 is 0.952 bits per heavy atom. The summed E-state index contributed by atoms with van der Waals surface area (Å²) in [6.07, 6.45) is 0.974. The van der Waals surface area contributed by atoms with Crippen molar-refractivity contribution >= 4 is 5.78 Å². The first-order valence-electron chi connectivity index (χ1n) is 7.17. The quantitative estimate of drug-likeness (QED) is 0.549. The largest absolute Gasteiger partial charge is 0.491 e. The van der Waals surface area contributed by atoms with E-state index in [1.165, 1.54) is 5.56 Å². The predicted molar refractivity (Wildman–Crippen MR) is 82.9 cm³/mol. The second-order valence-electron chi connectivity index (χ2n) is 4.69. The number of rotatable bonds is 8. The van der Waals surface area contributed by atoms with Crippen LogP contribution in [0.25, 0.3) is 0 Å². The number of para-hydroxylation sites is 1. The van der Waals surface area contributed by atoms with Crippen LogP contribution in [-0.2, 0) is 11.2 Å². The van der Waals surface area contributed by atoms with E-state index in [2.05, 4.69) is 6.92 Å². The normalized spacial score (nSPS) is 10.3. The van der Waals surface area contributed by atoms with Gasteiger partial charge in [0.15, 0.2) is 5.78 Å². The van der Waals surface area contributed by atoms with Crippen molar-refractivity contribution in [2.75, 3.05) is 19.8 Å². The molecule has 0 spiro atoms. The van der Waals surface area contributed by atoms with Crippen molar-refractivity contribution in [3.05, 3.63) is 65.7 Å². The smallest absolute Gasteiger partial charge is 0.188 e. The third-order valence-electron chi connectivity index (χ3n) is 3.16. The fourth-order valence-electron chi connectivity index (χ4n) is 1.91. The zero-order valence-electron chi connectivity index (χ0n) is 12.2. The van der Waals surface area contributed by atoms with Gasteiger partial charge >= 0.3 is 0 Å². The number of aryl methyl sites for hydroxylation is 1. The van der Waals surface area contributed by atoms with Crippen molar-refractivity contribution < 1.29 is 14.3 Å². The van der Waals surface area contributed by atoms with Crippen LogP contribution in [0.4, 0.5) is 0 Å². The summed E-state index contributed by atoms with van der Waals surface area (Å²) in [5.41, 5.74) is 1.92. The van der Waals surface area contributed by atoms with Gasteiger partial charge in [-0.3, -0.25) is 4.79 Å². The first kappa shape index (κ1) is 15.3. The average Bonchev–Trinajstić information content (AvgIpc) is 2.55. The maximum absolute atomic E-state index is 11.9. The van der Waals surface area contributed by atoms with Gasteiger partial charge in [0.05, 0.1) is 6.61 Å². The molecule has 2 aromatic rings. The van der Waals surface area contributed by atoms with Crippen LogP contribution in [0.15, 0.2) is 54.6 Å². The standard InChI is InChI=1S/C18H20O3/c1-2-15-8-10-16(11-9-15)18(19)14-20-12-13-21-17-6-4-3-5-7-17/h3-11H,2,12-14H2,1H3. The molecular weight excluding hydrogens is 264 g/mol. The van der Waals surface area contributed by atoms with Crippen LogP contribution >= 0.6 is 0 Å². The number of carbonyl (C=O) groups is 1. The van der Waals surface area contributed by atoms with Crippen LogP contribution in [-0.4, -0.2) is 25.6 Å². The Kier molecular flexibility index (Phi) is 5.98. The zero-order chi connectivity index (χ0) is 14.9. The minimum absolute atomic E-state index is 0.00244. The number of ether oxygens (including phenoxy) is 2. The van der Waals surface area contributed by atoms with E-state index in [-0.39, 0.29) is 12.4 Å². The molecule has 21 heavy (non-hydrogen) atoms. The highest BCUT2D eigenvalue weighted by Gasteiger charge is 2.05. The molecule has 3 nitrogen and oxygen atoms in total. The van der Waals surface area contributed by atoms with E-state index in [1.807, 2.05) is 54.6 Å². The van der Waals surface area contributed by atoms with Gasteiger partial charge in [0.2, 0.25) is 0 Å². The van der Waals surface area contributed by atoms with Gasteiger partial charge in [0, 0.05) is 5.56 Å². The monoisotopic (exact) mass is 284 g/mol. The Labute approximate surface area is 125 Å². The minimum atomic E-state index is -0.00244. The van der Waals surface area contributed by atoms with Gasteiger partial charge in [0.25, 0.3) is 0 Å². The highest BCUT2D eigenvalue weighted by atomic mass is 16.5. The Balaban J connectivity index is 1.67. The summed E-state index contributed by atoms with van der Waals surface area (Å²) in [5, 5.41) is 0. The van der Waals surface area contributed by atoms with Crippen LogP contribution in [0, 0.1) is 0 Å². The molecule has 0 aliphatic rings. The van der Waals surface area contributed by atoms with E-state index in [4.69, 9.17) is 9.47 Å². The van der Waals surface area contributed by atoms with Crippen molar-refractivity contribution in [3.63, 3.8) is 0 Å². The molecule has 0 aliphatic heterocycles. The predicted octanol–water partition coefficient (Wildman–Crippen LogP) is 3.53. The molecule has 0 bridgehead atoms. The lowest BCUT2D eigenvalue weighted by Gasteiger charge is -2.07. The van der Waals surface area contributed by atoms with Gasteiger partial charge in [-0.1, -0.05) is 49.4 Å². The van der Waals surface area contributed by atoms with Gasteiger partial charge in [-0.05, 0) is 24.1 Å². The highest BCUT2D eigenvalue weighted by Crippen LogP contribution is 2.08. The summed E-state index contributed by atoms with van der Waals surface area (Å²) in [4.78, 5) is 11.9. The molecule has 0 atom stereocenters. The van der Waals surface area contributed by atoms with Crippen LogP contribution in [0.1, 0.15) is 22.8 Å². The second-order valence-corrected chi connectivity index (χ2v) is 4.69. The molecule has 0 saturated heterocycles. The fraction of sp³-hybridized carbons (Fsp3) is 0.278. The number of benzene rings is 2. The molecule has 0 amide bonds. The molecule has 0 fully saturated rings. The molecule has 2 aromatic carbocycles. The van der Waals surface area contributed by atoms with Crippen molar-refractivity contribution in [3.8, 4) is 5.75 Å². The lowest BCUT2D eigenvalue weighted by molar-refractivity contribution is 0.0688. The molecule has 110 valence electrons. The first-order chi connectivity index (χ1) is 10.3. The van der Waals surface area contributed by atoms with E-state index in [0.29, 0.717) is 18.8 Å². The average molecular weight is 284 g/mol. The Morgan fingerprint density at radius 3 is 2.33 bits per heavy atom. The van der Waals surface area contributed by atoms with E-state index >= 15 is 0 Å². The summed E-state index contributed by atoms with van der Waals surface area (Å²) in [6, 6.07) is 17.2. The van der Waals surface area contributed by atoms with Crippen molar-refractivity contribution in [2.24, 2.45) is 0 Å². The topological polar surface area (TPSA) is 35.5 Å². The third kappa shape index (κ3) is 5.04. The van der Waals surface area contributed by atoms with E-state index in [1.54, 1.807) is 0 Å². The van der Waals surface area contributed by atoms with Crippen LogP contribution in [0.2, 0.25) is 0 Å². The minimum Gasteiger partial charge on any atom is -0.491 e. The second kappa shape index (κ2) is 8.22. The first-order valence-corrected chi connectivity index (χ1v) is 7.17. The molecular formula is C18H20O3. The van der Waals surface area contributed by atoms with E-state index < -0.39 is 0 Å². The summed E-state index contributed by atoms with van der Waals surface area (Å²) in [7, 11) is 0. The van der Waals surface area contributed by atoms with Crippen molar-refractivity contribution in [1.29, 1.82) is 0 Å². The number of ketones is 1. The molecule has 2 rings (SSSR count). The summed E-state index contributed by atoms with van der Waals surface area (Å²) < 4.78 is 10.8. The third-order valence-corrected chi connectivity index (χ3v) is 3.16. The number of hydrogen-bond donors (Lipinski definition) is 0. The number of carbonyl (C=O) groups excluding carboxylic acids is 1. The lowest BCUT2D eigenvalue weighted by atomic mass is 10.1. The summed E-state index contributed by atoms with van der Waals surface area (Å²) in [5.74, 6) is 0.806. The Hall–Kier alpha value is -2.13. The van der Waals surface area contributed by atoms with Gasteiger partial charge in [-0.2, -0.15) is 0 Å². The van der Waals surface area contributed by atoms with Gasteiger partial charge in [-0.25, -0.2) is 0 Å². The fourth-order valence-corrected chi connectivity index (χ4v) is 1.91. The van der Waals surface area contributed by atoms with Crippen LogP contribution in [0.5, 0.6) is 5.75 Å². The van der Waals surface area contributed by atoms with E-state index in [9.17, 15) is 4.79 Å². The van der Waals surface area contributed by atoms with E-state index in [0.717, 1.165) is 12.2 Å².